The highest BCUT2D eigenvalue weighted by molar-refractivity contribution is 5.80. The van der Waals surface area contributed by atoms with E-state index in [-0.39, 0.29) is 17.9 Å². The molecule has 3 amide bonds. The zero-order valence-corrected chi connectivity index (χ0v) is 9.14. The van der Waals surface area contributed by atoms with Crippen LogP contribution < -0.4 is 16.0 Å². The van der Waals surface area contributed by atoms with Crippen molar-refractivity contribution in [2.75, 3.05) is 19.6 Å². The second kappa shape index (κ2) is 6.27. The molecular weight excluding hydrogens is 194 g/mol. The molecule has 1 fully saturated rings. The molecular formula is C10H19N3O2. The topological polar surface area (TPSA) is 70.2 Å². The molecule has 0 aromatic carbocycles. The number of carbonyl (C=O) groups excluding carboxylic acids is 2. The minimum Gasteiger partial charge on any atom is -0.354 e. The smallest absolute Gasteiger partial charge is 0.314 e. The molecule has 1 aliphatic carbocycles. The number of urea groups is 1. The first-order valence-electron chi connectivity index (χ1n) is 5.53. The Kier molecular flexibility index (Phi) is 4.93. The van der Waals surface area contributed by atoms with Crippen molar-refractivity contribution in [1.82, 2.24) is 16.0 Å². The molecule has 1 rings (SSSR count). The molecule has 86 valence electrons. The lowest BCUT2D eigenvalue weighted by Crippen LogP contribution is -2.40. The zero-order valence-electron chi connectivity index (χ0n) is 9.14. The molecule has 1 saturated carbocycles. The molecule has 0 atom stereocenters. The third kappa shape index (κ3) is 5.24. The van der Waals surface area contributed by atoms with Gasteiger partial charge in [-0.2, -0.15) is 0 Å². The average Bonchev–Trinajstić information content (AvgIpc) is 3.04. The van der Waals surface area contributed by atoms with E-state index in [0.29, 0.717) is 19.6 Å². The molecule has 0 aliphatic heterocycles. The fraction of sp³-hybridized carbons (Fsp3) is 0.800. The van der Waals surface area contributed by atoms with Crippen molar-refractivity contribution < 1.29 is 9.59 Å². The molecule has 0 saturated heterocycles. The van der Waals surface area contributed by atoms with Crippen molar-refractivity contribution in [1.29, 1.82) is 0 Å². The summed E-state index contributed by atoms with van der Waals surface area (Å²) < 4.78 is 0. The fourth-order valence-electron chi connectivity index (χ4n) is 1.15. The van der Waals surface area contributed by atoms with Gasteiger partial charge >= 0.3 is 6.03 Å². The quantitative estimate of drug-likeness (QED) is 0.552. The molecule has 0 bridgehead atoms. The Morgan fingerprint density at radius 2 is 1.67 bits per heavy atom. The summed E-state index contributed by atoms with van der Waals surface area (Å²) in [6.45, 7) is 3.67. The van der Waals surface area contributed by atoms with E-state index < -0.39 is 0 Å². The van der Waals surface area contributed by atoms with Gasteiger partial charge in [-0.1, -0.05) is 6.92 Å². The lowest BCUT2D eigenvalue weighted by atomic mass is 10.4. The van der Waals surface area contributed by atoms with Gasteiger partial charge in [0.15, 0.2) is 0 Å². The van der Waals surface area contributed by atoms with E-state index in [0.717, 1.165) is 19.3 Å². The Hall–Kier alpha value is -1.26. The SMILES string of the molecule is CCCNC(=O)NCCNC(=O)C1CC1. The van der Waals surface area contributed by atoms with Crippen LogP contribution in [0.2, 0.25) is 0 Å². The minimum atomic E-state index is -0.169. The van der Waals surface area contributed by atoms with Crippen LogP contribution >= 0.6 is 0 Å². The third-order valence-corrected chi connectivity index (χ3v) is 2.19. The Balaban J connectivity index is 1.91. The predicted octanol–water partition coefficient (Wildman–Crippen LogP) is 0.222. The van der Waals surface area contributed by atoms with E-state index in [1.165, 1.54) is 0 Å². The van der Waals surface area contributed by atoms with Gasteiger partial charge in [0.1, 0.15) is 0 Å². The van der Waals surface area contributed by atoms with E-state index in [2.05, 4.69) is 16.0 Å². The number of hydrogen-bond acceptors (Lipinski definition) is 2. The maximum Gasteiger partial charge on any atom is 0.314 e. The van der Waals surface area contributed by atoms with Gasteiger partial charge in [-0.25, -0.2) is 4.79 Å². The van der Waals surface area contributed by atoms with Crippen LogP contribution in [0.3, 0.4) is 0 Å². The van der Waals surface area contributed by atoms with Crippen LogP contribution in [0.5, 0.6) is 0 Å². The van der Waals surface area contributed by atoms with E-state index in [4.69, 9.17) is 0 Å². The van der Waals surface area contributed by atoms with E-state index >= 15 is 0 Å². The second-order valence-electron chi connectivity index (χ2n) is 3.75. The number of rotatable bonds is 6. The molecule has 0 aromatic rings. The number of hydrogen-bond donors (Lipinski definition) is 3. The number of carbonyl (C=O) groups is 2. The van der Waals surface area contributed by atoms with Crippen LogP contribution in [0.1, 0.15) is 26.2 Å². The maximum absolute atomic E-state index is 11.2. The van der Waals surface area contributed by atoms with Gasteiger partial charge < -0.3 is 16.0 Å². The fourth-order valence-corrected chi connectivity index (χ4v) is 1.15. The van der Waals surface area contributed by atoms with E-state index in [1.54, 1.807) is 0 Å². The summed E-state index contributed by atoms with van der Waals surface area (Å²) in [5.74, 6) is 0.352. The number of amides is 3. The Morgan fingerprint density at radius 3 is 2.27 bits per heavy atom. The van der Waals surface area contributed by atoms with Crippen molar-refractivity contribution in [2.24, 2.45) is 5.92 Å². The number of nitrogens with one attached hydrogen (secondary N) is 3. The highest BCUT2D eigenvalue weighted by atomic mass is 16.2. The van der Waals surface area contributed by atoms with Crippen LogP contribution in [0, 0.1) is 5.92 Å². The monoisotopic (exact) mass is 213 g/mol. The molecule has 5 nitrogen and oxygen atoms in total. The predicted molar refractivity (Wildman–Crippen MR) is 57.4 cm³/mol. The van der Waals surface area contributed by atoms with Crippen LogP contribution in [-0.2, 0) is 4.79 Å². The molecule has 0 heterocycles. The summed E-state index contributed by atoms with van der Waals surface area (Å²) >= 11 is 0. The summed E-state index contributed by atoms with van der Waals surface area (Å²) in [6.07, 6.45) is 2.94. The molecule has 0 aromatic heterocycles. The van der Waals surface area contributed by atoms with Crippen LogP contribution in [0.15, 0.2) is 0 Å². The zero-order chi connectivity index (χ0) is 11.1. The first kappa shape index (κ1) is 11.8. The summed E-state index contributed by atoms with van der Waals surface area (Å²) in [7, 11) is 0. The van der Waals surface area contributed by atoms with Gasteiger partial charge in [0.2, 0.25) is 5.91 Å². The standard InChI is InChI=1S/C10H19N3O2/c1-2-5-12-10(15)13-7-6-11-9(14)8-3-4-8/h8H,2-7H2,1H3,(H,11,14)(H2,12,13,15). The summed E-state index contributed by atoms with van der Waals surface area (Å²) in [5.41, 5.74) is 0. The molecule has 5 heteroatoms. The van der Waals surface area contributed by atoms with Crippen LogP contribution in [0.4, 0.5) is 4.79 Å². The van der Waals surface area contributed by atoms with Crippen molar-refractivity contribution in [2.45, 2.75) is 26.2 Å². The highest BCUT2D eigenvalue weighted by Crippen LogP contribution is 2.28. The highest BCUT2D eigenvalue weighted by Gasteiger charge is 2.28. The first-order chi connectivity index (χ1) is 7.24. The lowest BCUT2D eigenvalue weighted by Gasteiger charge is -2.07. The second-order valence-corrected chi connectivity index (χ2v) is 3.75. The van der Waals surface area contributed by atoms with Crippen molar-refractivity contribution in [3.05, 3.63) is 0 Å². The molecule has 0 radical (unpaired) electrons. The molecule has 15 heavy (non-hydrogen) atoms. The van der Waals surface area contributed by atoms with Gasteiger partial charge in [0, 0.05) is 25.6 Å². The first-order valence-corrected chi connectivity index (χ1v) is 5.53. The minimum absolute atomic E-state index is 0.116. The lowest BCUT2D eigenvalue weighted by molar-refractivity contribution is -0.122. The summed E-state index contributed by atoms with van der Waals surface area (Å²) in [4.78, 5) is 22.2. The Bertz CT molecular complexity index is 227. The molecule has 0 unspecified atom stereocenters. The molecule has 0 spiro atoms. The van der Waals surface area contributed by atoms with E-state index in [1.807, 2.05) is 6.92 Å². The van der Waals surface area contributed by atoms with E-state index in [9.17, 15) is 9.59 Å². The Morgan fingerprint density at radius 1 is 1.07 bits per heavy atom. The third-order valence-electron chi connectivity index (χ3n) is 2.19. The van der Waals surface area contributed by atoms with Gasteiger partial charge in [-0.05, 0) is 19.3 Å². The average molecular weight is 213 g/mol. The molecule has 3 N–H and O–H groups in total. The van der Waals surface area contributed by atoms with Crippen molar-refractivity contribution in [3.63, 3.8) is 0 Å². The van der Waals surface area contributed by atoms with Gasteiger partial charge in [-0.3, -0.25) is 4.79 Å². The van der Waals surface area contributed by atoms with Crippen LogP contribution in [-0.4, -0.2) is 31.6 Å². The summed E-state index contributed by atoms with van der Waals surface area (Å²) in [6, 6.07) is -0.169. The van der Waals surface area contributed by atoms with Gasteiger partial charge in [-0.15, -0.1) is 0 Å². The van der Waals surface area contributed by atoms with Crippen molar-refractivity contribution >= 4 is 11.9 Å². The maximum atomic E-state index is 11.2. The molecule has 1 aliphatic rings. The van der Waals surface area contributed by atoms with Gasteiger partial charge in [0.25, 0.3) is 0 Å². The Labute approximate surface area is 90.0 Å². The largest absolute Gasteiger partial charge is 0.354 e. The summed E-state index contributed by atoms with van der Waals surface area (Å²) in [5, 5.41) is 8.13. The van der Waals surface area contributed by atoms with Gasteiger partial charge in [0.05, 0.1) is 0 Å². The van der Waals surface area contributed by atoms with Crippen molar-refractivity contribution in [3.8, 4) is 0 Å². The normalized spacial score (nSPS) is 14.5. The van der Waals surface area contributed by atoms with Crippen LogP contribution in [0.25, 0.3) is 0 Å².